The smallest absolute Gasteiger partial charge is 0.187 e. The van der Waals surface area contributed by atoms with Gasteiger partial charge in [0.05, 0.1) is 45.2 Å². The lowest BCUT2D eigenvalue weighted by Gasteiger charge is -2.61. The molecule has 0 spiro atoms. The van der Waals surface area contributed by atoms with E-state index in [1.165, 1.54) is 0 Å². The largest absolute Gasteiger partial charge is 0.394 e. The topological polar surface area (TPSA) is 376 Å². The lowest BCUT2D eigenvalue weighted by molar-refractivity contribution is -0.390. The molecule has 0 amide bonds. The number of aliphatic hydroxyl groups is 14. The van der Waals surface area contributed by atoms with Gasteiger partial charge in [0.25, 0.3) is 0 Å². The Labute approximate surface area is 443 Å². The third-order valence-corrected chi connectivity index (χ3v) is 20.4. The first-order valence-corrected chi connectivity index (χ1v) is 27.8. The molecule has 5 saturated heterocycles. The first-order chi connectivity index (χ1) is 36.1. The molecule has 5 aliphatic heterocycles. The lowest BCUT2D eigenvalue weighted by Crippen LogP contribution is -2.67. The van der Waals surface area contributed by atoms with E-state index in [2.05, 4.69) is 20.8 Å². The minimum Gasteiger partial charge on any atom is -0.394 e. The van der Waals surface area contributed by atoms with E-state index in [-0.39, 0.29) is 41.5 Å². The van der Waals surface area contributed by atoms with Gasteiger partial charge < -0.3 is 119 Å². The summed E-state index contributed by atoms with van der Waals surface area (Å²) in [6, 6.07) is 0. The Morgan fingerprint density at radius 3 is 1.70 bits per heavy atom. The van der Waals surface area contributed by atoms with Crippen molar-refractivity contribution in [3.05, 3.63) is 0 Å². The van der Waals surface area contributed by atoms with E-state index in [4.69, 9.17) is 47.4 Å². The zero-order valence-corrected chi connectivity index (χ0v) is 44.2. The predicted octanol–water partition coefficient (Wildman–Crippen LogP) is -3.30. The van der Waals surface area contributed by atoms with Crippen LogP contribution in [-0.2, 0) is 47.4 Å². The van der Waals surface area contributed by atoms with Crippen LogP contribution in [0.4, 0.5) is 0 Å². The molecule has 9 rings (SSSR count). The van der Waals surface area contributed by atoms with Crippen LogP contribution in [0, 0.1) is 52.3 Å². The molecule has 32 atom stereocenters. The molecule has 9 aliphatic rings. The fourth-order valence-electron chi connectivity index (χ4n) is 16.0. The maximum Gasteiger partial charge on any atom is 0.187 e. The second-order valence-electron chi connectivity index (χ2n) is 24.4. The minimum atomic E-state index is -1.91. The SMILES string of the molecule is COC1(CCC(C)COC2OC(CO)C(O)C(O)C2O)OC2CC3C4CCC5CC(OC6OC(CO)C(OC7OC(CO)C(O)C(O)C7OC7OC(CO)C(O)C(O)C7O)C(O)C6O)CCC5(C)C4CCC3(C)C2C1C. The fourth-order valence-corrected chi connectivity index (χ4v) is 16.0. The quantitative estimate of drug-likeness (QED) is 0.0635. The van der Waals surface area contributed by atoms with Crippen molar-refractivity contribution in [3.8, 4) is 0 Å². The summed E-state index contributed by atoms with van der Waals surface area (Å²) >= 11 is 0. The van der Waals surface area contributed by atoms with E-state index in [9.17, 15) is 71.5 Å². The number of fused-ring (bicyclic) bond motifs is 7. The highest BCUT2D eigenvalue weighted by atomic mass is 16.8. The predicted molar refractivity (Wildman–Crippen MR) is 256 cm³/mol. The maximum atomic E-state index is 11.6. The summed E-state index contributed by atoms with van der Waals surface area (Å²) in [6.45, 7) is 6.56. The molecule has 0 radical (unpaired) electrons. The average molecular weight is 1100 g/mol. The van der Waals surface area contributed by atoms with Crippen LogP contribution in [-0.4, -0.2) is 252 Å². The normalized spacial score (nSPS) is 54.8. The Morgan fingerprint density at radius 1 is 0.539 bits per heavy atom. The summed E-state index contributed by atoms with van der Waals surface area (Å²) in [5, 5.41) is 147. The van der Waals surface area contributed by atoms with Crippen molar-refractivity contribution in [2.24, 2.45) is 52.3 Å². The highest BCUT2D eigenvalue weighted by molar-refractivity contribution is 5.15. The standard InChI is InChI=1S/C52H88O24/c1-21(20-68-46-41(64)37(60)34(57)29(16-53)70-46)8-13-52(67-5)22(2)33-28(76-52)15-27-25-7-6-23-14-24(9-11-50(23,3)26(25)10-12-51(27,33)4)69-47-43(66)40(63)44(32(19-56)73-47)74-49-45(39(62)36(59)31(18-55)72-49)75-48-42(65)38(61)35(58)30(17-54)71-48/h21-49,53-66H,6-20H2,1-5H3. The van der Waals surface area contributed by atoms with Gasteiger partial charge >= 0.3 is 0 Å². The van der Waals surface area contributed by atoms with Crippen LogP contribution in [0.1, 0.15) is 91.9 Å². The Bertz CT molecular complexity index is 1890. The van der Waals surface area contributed by atoms with Gasteiger partial charge in [-0.3, -0.25) is 0 Å². The van der Waals surface area contributed by atoms with Crippen molar-refractivity contribution in [2.75, 3.05) is 40.1 Å². The van der Waals surface area contributed by atoms with Crippen molar-refractivity contribution in [3.63, 3.8) is 0 Å². The number of hydrogen-bond donors (Lipinski definition) is 14. The van der Waals surface area contributed by atoms with Crippen LogP contribution in [0.25, 0.3) is 0 Å². The third kappa shape index (κ3) is 10.6. The summed E-state index contributed by atoms with van der Waals surface area (Å²) in [7, 11) is 1.72. The lowest BCUT2D eigenvalue weighted by atomic mass is 9.44. The highest BCUT2D eigenvalue weighted by Crippen LogP contribution is 2.71. The molecule has 24 nitrogen and oxygen atoms in total. The molecule has 14 N–H and O–H groups in total. The molecule has 0 aromatic rings. The van der Waals surface area contributed by atoms with Gasteiger partial charge in [0.1, 0.15) is 97.7 Å². The second-order valence-corrected chi connectivity index (χ2v) is 24.4. The first-order valence-electron chi connectivity index (χ1n) is 27.8. The van der Waals surface area contributed by atoms with Gasteiger partial charge in [0, 0.05) is 19.4 Å². The number of aliphatic hydroxyl groups excluding tert-OH is 14. The number of rotatable bonds is 17. The van der Waals surface area contributed by atoms with Gasteiger partial charge in [-0.25, -0.2) is 0 Å². The Hall–Kier alpha value is -0.960. The van der Waals surface area contributed by atoms with Crippen LogP contribution in [0.5, 0.6) is 0 Å². The monoisotopic (exact) mass is 1100 g/mol. The number of methoxy groups -OCH3 is 1. The van der Waals surface area contributed by atoms with Crippen LogP contribution < -0.4 is 0 Å². The summed E-state index contributed by atoms with van der Waals surface area (Å²) in [4.78, 5) is 0. The van der Waals surface area contributed by atoms with E-state index in [0.717, 1.165) is 38.5 Å². The first kappa shape index (κ1) is 59.7. The van der Waals surface area contributed by atoms with E-state index in [1.54, 1.807) is 7.11 Å². The summed E-state index contributed by atoms with van der Waals surface area (Å²) in [5.41, 5.74) is 0.0885. The Morgan fingerprint density at radius 2 is 1.07 bits per heavy atom. The summed E-state index contributed by atoms with van der Waals surface area (Å²) in [5.74, 6) is 1.46. The zero-order chi connectivity index (χ0) is 54.9. The molecule has 32 unspecified atom stereocenters. The minimum absolute atomic E-state index is 0.00845. The van der Waals surface area contributed by atoms with E-state index >= 15 is 0 Å². The van der Waals surface area contributed by atoms with E-state index in [0.29, 0.717) is 55.3 Å². The molecule has 5 heterocycles. The summed E-state index contributed by atoms with van der Waals surface area (Å²) < 4.78 is 60.4. The van der Waals surface area contributed by atoms with Gasteiger partial charge in [-0.05, 0) is 104 Å². The molecule has 0 aromatic carbocycles. The van der Waals surface area contributed by atoms with Crippen molar-refractivity contribution < 1.29 is 119 Å². The Kier molecular flexibility index (Phi) is 18.6. The molecule has 0 aromatic heterocycles. The molecular weight excluding hydrogens is 1010 g/mol. The molecule has 76 heavy (non-hydrogen) atoms. The van der Waals surface area contributed by atoms with Gasteiger partial charge in [-0.15, -0.1) is 0 Å². The van der Waals surface area contributed by atoms with Crippen molar-refractivity contribution >= 4 is 0 Å². The summed E-state index contributed by atoms with van der Waals surface area (Å²) in [6.07, 6.45) is -23.3. The molecule has 9 fully saturated rings. The average Bonchev–Trinajstić information content (AvgIpc) is 3.93. The van der Waals surface area contributed by atoms with Gasteiger partial charge in [-0.2, -0.15) is 0 Å². The van der Waals surface area contributed by atoms with Gasteiger partial charge in [0.2, 0.25) is 0 Å². The third-order valence-electron chi connectivity index (χ3n) is 20.4. The molecule has 440 valence electrons. The number of hydrogen-bond acceptors (Lipinski definition) is 24. The van der Waals surface area contributed by atoms with Crippen LogP contribution in [0.2, 0.25) is 0 Å². The number of ether oxygens (including phenoxy) is 10. The molecule has 24 heteroatoms. The van der Waals surface area contributed by atoms with E-state index < -0.39 is 155 Å². The maximum absolute atomic E-state index is 11.6. The second kappa shape index (κ2) is 23.7. The van der Waals surface area contributed by atoms with Crippen molar-refractivity contribution in [1.29, 1.82) is 0 Å². The van der Waals surface area contributed by atoms with Gasteiger partial charge in [-0.1, -0.05) is 27.7 Å². The fraction of sp³-hybridized carbons (Fsp3) is 1.00. The molecule has 4 aliphatic carbocycles. The molecule has 0 bridgehead atoms. The zero-order valence-electron chi connectivity index (χ0n) is 44.2. The van der Waals surface area contributed by atoms with Crippen LogP contribution in [0.3, 0.4) is 0 Å². The van der Waals surface area contributed by atoms with Crippen molar-refractivity contribution in [2.45, 2.75) is 233 Å². The van der Waals surface area contributed by atoms with Gasteiger partial charge in [0.15, 0.2) is 30.9 Å². The van der Waals surface area contributed by atoms with E-state index in [1.807, 2.05) is 6.92 Å². The molecular formula is C52H88O24. The van der Waals surface area contributed by atoms with Crippen molar-refractivity contribution in [1.82, 2.24) is 0 Å². The highest BCUT2D eigenvalue weighted by Gasteiger charge is 2.69. The molecule has 4 saturated carbocycles. The Balaban J connectivity index is 0.791. The van der Waals surface area contributed by atoms with Crippen LogP contribution in [0.15, 0.2) is 0 Å². The van der Waals surface area contributed by atoms with Crippen LogP contribution >= 0.6 is 0 Å².